The summed E-state index contributed by atoms with van der Waals surface area (Å²) in [5, 5.41) is 0. The predicted molar refractivity (Wildman–Crippen MR) is 87.3 cm³/mol. The van der Waals surface area contributed by atoms with Crippen molar-refractivity contribution in [2.24, 2.45) is 5.92 Å². The molecule has 1 aromatic rings. The zero-order chi connectivity index (χ0) is 16.5. The average Bonchev–Trinajstić information content (AvgIpc) is 2.45. The lowest BCUT2D eigenvalue weighted by Gasteiger charge is -2.23. The van der Waals surface area contributed by atoms with Crippen LogP contribution in [0, 0.1) is 12.8 Å². The van der Waals surface area contributed by atoms with E-state index in [9.17, 15) is 9.59 Å². The molecule has 0 fully saturated rings. The summed E-state index contributed by atoms with van der Waals surface area (Å²) < 4.78 is 4.94. The molecule has 0 aliphatic heterocycles. The van der Waals surface area contributed by atoms with E-state index >= 15 is 0 Å². The van der Waals surface area contributed by atoms with E-state index < -0.39 is 0 Å². The second-order valence-corrected chi connectivity index (χ2v) is 5.95. The molecule has 1 rings (SSSR count). The molecule has 4 heteroatoms. The van der Waals surface area contributed by atoms with Gasteiger partial charge < -0.3 is 9.64 Å². The van der Waals surface area contributed by atoms with Gasteiger partial charge in [0.15, 0.2) is 0 Å². The standard InChI is InChI=1S/C18H27NO3/c1-5-22-18(21)10-11-19(17(20)12-14(2)3)13-16-8-6-15(4)7-9-16/h6-9,14H,5,10-13H2,1-4H3. The van der Waals surface area contributed by atoms with Crippen LogP contribution in [0.2, 0.25) is 0 Å². The van der Waals surface area contributed by atoms with Crippen LogP contribution < -0.4 is 0 Å². The van der Waals surface area contributed by atoms with Gasteiger partial charge in [-0.1, -0.05) is 43.7 Å². The van der Waals surface area contributed by atoms with Crippen molar-refractivity contribution in [2.45, 2.75) is 47.1 Å². The summed E-state index contributed by atoms with van der Waals surface area (Å²) in [5.41, 5.74) is 2.27. The summed E-state index contributed by atoms with van der Waals surface area (Å²) in [6, 6.07) is 8.11. The summed E-state index contributed by atoms with van der Waals surface area (Å²) in [6.07, 6.45) is 0.734. The van der Waals surface area contributed by atoms with Crippen LogP contribution in [0.15, 0.2) is 24.3 Å². The van der Waals surface area contributed by atoms with Gasteiger partial charge in [0.05, 0.1) is 13.0 Å². The number of esters is 1. The first-order valence-corrected chi connectivity index (χ1v) is 7.91. The fourth-order valence-corrected chi connectivity index (χ4v) is 2.14. The van der Waals surface area contributed by atoms with Crippen LogP contribution in [0.3, 0.4) is 0 Å². The number of hydrogen-bond acceptors (Lipinski definition) is 3. The molecular weight excluding hydrogens is 278 g/mol. The van der Waals surface area contributed by atoms with Crippen molar-refractivity contribution in [1.82, 2.24) is 4.90 Å². The Bertz CT molecular complexity index is 480. The highest BCUT2D eigenvalue weighted by Crippen LogP contribution is 2.11. The summed E-state index contributed by atoms with van der Waals surface area (Å²) >= 11 is 0. The second-order valence-electron chi connectivity index (χ2n) is 5.95. The van der Waals surface area contributed by atoms with Crippen molar-refractivity contribution < 1.29 is 14.3 Å². The highest BCUT2D eigenvalue weighted by atomic mass is 16.5. The van der Waals surface area contributed by atoms with Crippen molar-refractivity contribution in [1.29, 1.82) is 0 Å². The maximum absolute atomic E-state index is 12.4. The number of hydrogen-bond donors (Lipinski definition) is 0. The number of rotatable bonds is 8. The van der Waals surface area contributed by atoms with Gasteiger partial charge >= 0.3 is 5.97 Å². The largest absolute Gasteiger partial charge is 0.466 e. The van der Waals surface area contributed by atoms with Crippen LogP contribution in [0.4, 0.5) is 0 Å². The Labute approximate surface area is 133 Å². The lowest BCUT2D eigenvalue weighted by Crippen LogP contribution is -2.33. The Morgan fingerprint density at radius 3 is 2.36 bits per heavy atom. The molecule has 0 heterocycles. The molecule has 0 saturated carbocycles. The quantitative estimate of drug-likeness (QED) is 0.692. The Morgan fingerprint density at radius 2 is 1.82 bits per heavy atom. The van der Waals surface area contributed by atoms with Crippen LogP contribution in [-0.4, -0.2) is 29.9 Å². The number of benzene rings is 1. The highest BCUT2D eigenvalue weighted by molar-refractivity contribution is 5.77. The van der Waals surface area contributed by atoms with Crippen molar-refractivity contribution in [2.75, 3.05) is 13.2 Å². The molecule has 0 N–H and O–H groups in total. The van der Waals surface area contributed by atoms with Crippen molar-refractivity contribution in [3.8, 4) is 0 Å². The molecule has 0 aromatic heterocycles. The minimum absolute atomic E-state index is 0.0832. The molecular formula is C18H27NO3. The number of aryl methyl sites for hydroxylation is 1. The van der Waals surface area contributed by atoms with Crippen LogP contribution >= 0.6 is 0 Å². The molecule has 22 heavy (non-hydrogen) atoms. The van der Waals surface area contributed by atoms with E-state index in [1.807, 2.05) is 45.0 Å². The van der Waals surface area contributed by atoms with E-state index in [0.29, 0.717) is 32.0 Å². The van der Waals surface area contributed by atoms with E-state index in [0.717, 1.165) is 5.56 Å². The Hall–Kier alpha value is -1.84. The zero-order valence-electron chi connectivity index (χ0n) is 14.1. The Morgan fingerprint density at radius 1 is 1.18 bits per heavy atom. The average molecular weight is 305 g/mol. The maximum atomic E-state index is 12.4. The monoisotopic (exact) mass is 305 g/mol. The third kappa shape index (κ3) is 6.74. The third-order valence-corrected chi connectivity index (χ3v) is 3.32. The first kappa shape index (κ1) is 18.2. The van der Waals surface area contributed by atoms with E-state index in [2.05, 4.69) is 0 Å². The predicted octanol–water partition coefficient (Wildman–Crippen LogP) is 3.32. The fraction of sp³-hybridized carbons (Fsp3) is 0.556. The molecule has 1 aromatic carbocycles. The molecule has 0 radical (unpaired) electrons. The highest BCUT2D eigenvalue weighted by Gasteiger charge is 2.17. The molecule has 0 saturated heterocycles. The molecule has 0 spiro atoms. The van der Waals surface area contributed by atoms with Crippen LogP contribution in [0.5, 0.6) is 0 Å². The van der Waals surface area contributed by atoms with E-state index in [1.165, 1.54) is 5.56 Å². The Kier molecular flexibility index (Phi) is 7.64. The number of carbonyl (C=O) groups is 2. The topological polar surface area (TPSA) is 46.6 Å². The van der Waals surface area contributed by atoms with Gasteiger partial charge in [0, 0.05) is 19.5 Å². The second kappa shape index (κ2) is 9.23. The first-order valence-electron chi connectivity index (χ1n) is 7.91. The van der Waals surface area contributed by atoms with E-state index in [-0.39, 0.29) is 18.3 Å². The number of ether oxygens (including phenoxy) is 1. The summed E-state index contributed by atoms with van der Waals surface area (Å²) in [5.74, 6) is 0.129. The van der Waals surface area contributed by atoms with Crippen LogP contribution in [0.1, 0.15) is 44.7 Å². The lowest BCUT2D eigenvalue weighted by atomic mass is 10.1. The van der Waals surface area contributed by atoms with Gasteiger partial charge in [0.25, 0.3) is 0 Å². The smallest absolute Gasteiger partial charge is 0.307 e. The summed E-state index contributed by atoms with van der Waals surface area (Å²) in [7, 11) is 0. The molecule has 0 aliphatic carbocycles. The molecule has 0 unspecified atom stereocenters. The molecule has 0 aliphatic rings. The van der Waals surface area contributed by atoms with Gasteiger partial charge in [-0.2, -0.15) is 0 Å². The van der Waals surface area contributed by atoms with Crippen molar-refractivity contribution in [3.63, 3.8) is 0 Å². The Balaban J connectivity index is 2.70. The zero-order valence-corrected chi connectivity index (χ0v) is 14.1. The van der Waals surface area contributed by atoms with E-state index in [4.69, 9.17) is 4.74 Å². The van der Waals surface area contributed by atoms with Gasteiger partial charge in [0.2, 0.25) is 5.91 Å². The maximum Gasteiger partial charge on any atom is 0.307 e. The normalized spacial score (nSPS) is 10.6. The summed E-state index contributed by atoms with van der Waals surface area (Å²) in [6.45, 7) is 9.17. The number of carbonyl (C=O) groups excluding carboxylic acids is 2. The van der Waals surface area contributed by atoms with Crippen molar-refractivity contribution in [3.05, 3.63) is 35.4 Å². The molecule has 0 bridgehead atoms. The van der Waals surface area contributed by atoms with Gasteiger partial charge in [0.1, 0.15) is 0 Å². The number of amides is 1. The summed E-state index contributed by atoms with van der Waals surface area (Å²) in [4.78, 5) is 25.6. The van der Waals surface area contributed by atoms with Gasteiger partial charge in [-0.05, 0) is 25.3 Å². The van der Waals surface area contributed by atoms with Crippen LogP contribution in [-0.2, 0) is 20.9 Å². The fourth-order valence-electron chi connectivity index (χ4n) is 2.14. The molecule has 1 amide bonds. The van der Waals surface area contributed by atoms with Gasteiger partial charge in [-0.15, -0.1) is 0 Å². The molecule has 122 valence electrons. The van der Waals surface area contributed by atoms with Crippen LogP contribution in [0.25, 0.3) is 0 Å². The number of nitrogens with zero attached hydrogens (tertiary/aromatic N) is 1. The van der Waals surface area contributed by atoms with Crippen molar-refractivity contribution >= 4 is 11.9 Å². The SMILES string of the molecule is CCOC(=O)CCN(Cc1ccc(C)cc1)C(=O)CC(C)C. The van der Waals surface area contributed by atoms with Gasteiger partial charge in [-0.25, -0.2) is 0 Å². The minimum atomic E-state index is -0.256. The molecule has 0 atom stereocenters. The van der Waals surface area contributed by atoms with E-state index in [1.54, 1.807) is 11.8 Å². The minimum Gasteiger partial charge on any atom is -0.466 e. The molecule has 4 nitrogen and oxygen atoms in total. The first-order chi connectivity index (χ1) is 10.4. The third-order valence-electron chi connectivity index (χ3n) is 3.32. The lowest BCUT2D eigenvalue weighted by molar-refractivity contribution is -0.144. The van der Waals surface area contributed by atoms with Gasteiger partial charge in [-0.3, -0.25) is 9.59 Å².